The molecule has 0 saturated heterocycles. The van der Waals surface area contributed by atoms with E-state index in [4.69, 9.17) is 16.0 Å². The largest absolute Gasteiger partial charge is 0.461 e. The summed E-state index contributed by atoms with van der Waals surface area (Å²) < 4.78 is 5.95. The summed E-state index contributed by atoms with van der Waals surface area (Å²) in [6, 6.07) is 7.94. The van der Waals surface area contributed by atoms with Crippen LogP contribution in [0.15, 0.2) is 28.7 Å². The molecule has 1 fully saturated rings. The second-order valence-electron chi connectivity index (χ2n) is 4.89. The van der Waals surface area contributed by atoms with Crippen molar-refractivity contribution in [1.29, 1.82) is 0 Å². The van der Waals surface area contributed by atoms with Crippen LogP contribution in [0.1, 0.15) is 31.4 Å². The van der Waals surface area contributed by atoms with Crippen molar-refractivity contribution in [2.24, 2.45) is 5.92 Å². The van der Waals surface area contributed by atoms with E-state index < -0.39 is 0 Å². The van der Waals surface area contributed by atoms with Gasteiger partial charge in [-0.3, -0.25) is 0 Å². The number of hydrogen-bond donors (Lipinski definition) is 0. The first-order valence-corrected chi connectivity index (χ1v) is 7.27. The average molecular weight is 314 g/mol. The smallest absolute Gasteiger partial charge is 0.134 e. The lowest BCUT2D eigenvalue weighted by atomic mass is 9.95. The summed E-state index contributed by atoms with van der Waals surface area (Å²) in [6.07, 6.45) is 2.42. The molecule has 0 bridgehead atoms. The molecule has 3 unspecified atom stereocenters. The molecule has 3 atom stereocenters. The summed E-state index contributed by atoms with van der Waals surface area (Å²) in [5, 5.41) is 1.88. The van der Waals surface area contributed by atoms with Crippen molar-refractivity contribution in [3.05, 3.63) is 35.0 Å². The fraction of sp³-hybridized carbons (Fsp3) is 0.429. The summed E-state index contributed by atoms with van der Waals surface area (Å²) in [5.41, 5.74) is 0.939. The number of fused-ring (bicyclic) bond motifs is 1. The van der Waals surface area contributed by atoms with E-state index in [9.17, 15) is 0 Å². The van der Waals surface area contributed by atoms with Crippen LogP contribution in [0.5, 0.6) is 0 Å². The van der Waals surface area contributed by atoms with Gasteiger partial charge in [-0.1, -0.05) is 34.5 Å². The number of furan rings is 1. The molecular weight excluding hydrogens is 300 g/mol. The zero-order chi connectivity index (χ0) is 12.0. The van der Waals surface area contributed by atoms with Gasteiger partial charge in [0.1, 0.15) is 11.3 Å². The van der Waals surface area contributed by atoms with E-state index in [-0.39, 0.29) is 0 Å². The summed E-state index contributed by atoms with van der Waals surface area (Å²) in [7, 11) is 0. The van der Waals surface area contributed by atoms with Crippen LogP contribution >= 0.6 is 27.5 Å². The Balaban J connectivity index is 2.01. The van der Waals surface area contributed by atoms with Crippen molar-refractivity contribution in [1.82, 2.24) is 0 Å². The number of hydrogen-bond acceptors (Lipinski definition) is 1. The fourth-order valence-corrected chi connectivity index (χ4v) is 3.55. The Labute approximate surface area is 114 Å². The quantitative estimate of drug-likeness (QED) is 0.646. The third kappa shape index (κ3) is 2.02. The van der Waals surface area contributed by atoms with Gasteiger partial charge < -0.3 is 4.42 Å². The Bertz CT molecular complexity index is 548. The summed E-state index contributed by atoms with van der Waals surface area (Å²) in [6.45, 7) is 2.29. The van der Waals surface area contributed by atoms with Gasteiger partial charge in [0.15, 0.2) is 0 Å². The lowest BCUT2D eigenvalue weighted by molar-refractivity contribution is 0.436. The van der Waals surface area contributed by atoms with E-state index in [0.29, 0.717) is 16.7 Å². The van der Waals surface area contributed by atoms with Crippen LogP contribution in [0.3, 0.4) is 0 Å². The molecule has 3 heteroatoms. The molecular formula is C14H14BrClO. The van der Waals surface area contributed by atoms with E-state index in [2.05, 4.69) is 28.9 Å². The summed E-state index contributed by atoms with van der Waals surface area (Å²) in [4.78, 5) is 0.615. The van der Waals surface area contributed by atoms with E-state index in [1.807, 2.05) is 18.2 Å². The van der Waals surface area contributed by atoms with E-state index in [0.717, 1.165) is 21.8 Å². The maximum Gasteiger partial charge on any atom is 0.134 e. The monoisotopic (exact) mass is 312 g/mol. The molecule has 1 saturated carbocycles. The zero-order valence-electron chi connectivity index (χ0n) is 9.62. The van der Waals surface area contributed by atoms with Gasteiger partial charge in [0.2, 0.25) is 0 Å². The number of alkyl halides is 1. The molecule has 17 heavy (non-hydrogen) atoms. The van der Waals surface area contributed by atoms with Crippen molar-refractivity contribution in [2.45, 2.75) is 30.5 Å². The molecule has 90 valence electrons. The molecule has 1 aromatic carbocycles. The Morgan fingerprint density at radius 1 is 1.29 bits per heavy atom. The molecule has 1 heterocycles. The number of rotatable bonds is 1. The minimum atomic E-state index is 0.533. The van der Waals surface area contributed by atoms with Crippen LogP contribution in [0.2, 0.25) is 5.02 Å². The number of halogens is 2. The van der Waals surface area contributed by atoms with Gasteiger partial charge in [0.05, 0.1) is 0 Å². The molecule has 1 nitrogen and oxygen atoms in total. The normalized spacial score (nSPS) is 29.0. The molecule has 2 aromatic rings. The third-order valence-corrected chi connectivity index (χ3v) is 5.35. The number of benzene rings is 1. The first kappa shape index (κ1) is 11.6. The van der Waals surface area contributed by atoms with Crippen LogP contribution in [0.25, 0.3) is 11.0 Å². The maximum absolute atomic E-state index is 5.99. The zero-order valence-corrected chi connectivity index (χ0v) is 12.0. The van der Waals surface area contributed by atoms with E-state index in [1.54, 1.807) is 0 Å². The topological polar surface area (TPSA) is 13.1 Å². The van der Waals surface area contributed by atoms with Crippen LogP contribution < -0.4 is 0 Å². The van der Waals surface area contributed by atoms with Crippen LogP contribution in [0.4, 0.5) is 0 Å². The van der Waals surface area contributed by atoms with Gasteiger partial charge >= 0.3 is 0 Å². The summed E-state index contributed by atoms with van der Waals surface area (Å²) >= 11 is 9.72. The molecule has 1 aromatic heterocycles. The minimum Gasteiger partial charge on any atom is -0.461 e. The highest BCUT2D eigenvalue weighted by Crippen LogP contribution is 2.44. The van der Waals surface area contributed by atoms with Gasteiger partial charge in [-0.2, -0.15) is 0 Å². The Morgan fingerprint density at radius 3 is 2.82 bits per heavy atom. The molecule has 1 aliphatic rings. The molecule has 1 aliphatic carbocycles. The highest BCUT2D eigenvalue weighted by molar-refractivity contribution is 9.09. The van der Waals surface area contributed by atoms with Crippen LogP contribution in [-0.2, 0) is 0 Å². The van der Waals surface area contributed by atoms with Crippen molar-refractivity contribution in [3.8, 4) is 0 Å². The van der Waals surface area contributed by atoms with Crippen molar-refractivity contribution in [2.75, 3.05) is 0 Å². The highest BCUT2D eigenvalue weighted by atomic mass is 79.9. The van der Waals surface area contributed by atoms with E-state index in [1.165, 1.54) is 12.8 Å². The Morgan fingerprint density at radius 2 is 2.12 bits per heavy atom. The Hall–Kier alpha value is -0.470. The first-order chi connectivity index (χ1) is 8.15. The van der Waals surface area contributed by atoms with Gasteiger partial charge in [-0.05, 0) is 43.0 Å². The van der Waals surface area contributed by atoms with Crippen LogP contribution in [0, 0.1) is 5.92 Å². The van der Waals surface area contributed by atoms with Crippen molar-refractivity contribution < 1.29 is 4.42 Å². The highest BCUT2D eigenvalue weighted by Gasteiger charge is 2.34. The standard InChI is InChI=1S/C14H14BrClO/c1-8-11(3-4-12(8)15)14-7-9-6-10(16)2-5-13(9)17-14/h2,5-8,11-12H,3-4H2,1H3. The van der Waals surface area contributed by atoms with Crippen LogP contribution in [-0.4, -0.2) is 4.83 Å². The summed E-state index contributed by atoms with van der Waals surface area (Å²) in [5.74, 6) is 2.27. The maximum atomic E-state index is 5.99. The predicted octanol–water partition coefficient (Wildman–Crippen LogP) is 5.36. The van der Waals surface area contributed by atoms with Gasteiger partial charge in [-0.25, -0.2) is 0 Å². The second kappa shape index (κ2) is 4.33. The van der Waals surface area contributed by atoms with Crippen molar-refractivity contribution >= 4 is 38.5 Å². The fourth-order valence-electron chi connectivity index (χ4n) is 2.74. The third-order valence-electron chi connectivity index (χ3n) is 3.82. The van der Waals surface area contributed by atoms with E-state index >= 15 is 0 Å². The van der Waals surface area contributed by atoms with Crippen molar-refractivity contribution in [3.63, 3.8) is 0 Å². The molecule has 0 spiro atoms. The van der Waals surface area contributed by atoms with Gasteiger partial charge in [0, 0.05) is 21.2 Å². The SMILES string of the molecule is CC1C(Br)CCC1c1cc2cc(Cl)ccc2o1. The molecule has 0 amide bonds. The molecule has 3 rings (SSSR count). The van der Waals surface area contributed by atoms with Gasteiger partial charge in [0.25, 0.3) is 0 Å². The second-order valence-corrected chi connectivity index (χ2v) is 6.50. The Kier molecular flexibility index (Phi) is 2.95. The lowest BCUT2D eigenvalue weighted by Crippen LogP contribution is -2.08. The molecule has 0 N–H and O–H groups in total. The average Bonchev–Trinajstić information content (AvgIpc) is 2.83. The molecule has 0 radical (unpaired) electrons. The lowest BCUT2D eigenvalue weighted by Gasteiger charge is -2.14. The molecule has 0 aliphatic heterocycles. The van der Waals surface area contributed by atoms with Gasteiger partial charge in [-0.15, -0.1) is 0 Å². The first-order valence-electron chi connectivity index (χ1n) is 5.98. The minimum absolute atomic E-state index is 0.533. The predicted molar refractivity (Wildman–Crippen MR) is 75.1 cm³/mol.